The van der Waals surface area contributed by atoms with Crippen LogP contribution >= 0.6 is 11.3 Å². The lowest BCUT2D eigenvalue weighted by molar-refractivity contribution is -0.936. The number of aromatic hydroxyl groups is 1. The van der Waals surface area contributed by atoms with E-state index in [0.29, 0.717) is 16.8 Å². The third-order valence-corrected chi connectivity index (χ3v) is 6.54. The minimum Gasteiger partial charge on any atom is -0.492 e. The molecule has 1 aliphatic rings. The van der Waals surface area contributed by atoms with Gasteiger partial charge in [0.25, 0.3) is 0 Å². The summed E-state index contributed by atoms with van der Waals surface area (Å²) in [5, 5.41) is 15.3. The van der Waals surface area contributed by atoms with E-state index in [9.17, 15) is 9.50 Å². The number of halogens is 1. The maximum Gasteiger partial charge on any atom is 0.235 e. The van der Waals surface area contributed by atoms with E-state index in [-0.39, 0.29) is 17.7 Å². The fourth-order valence-electron chi connectivity index (χ4n) is 4.42. The second-order valence-electron chi connectivity index (χ2n) is 7.86. The predicted molar refractivity (Wildman–Crippen MR) is 104 cm³/mol. The number of piperidine rings is 1. The summed E-state index contributed by atoms with van der Waals surface area (Å²) in [5.41, 5.74) is 1.02. The largest absolute Gasteiger partial charge is 0.492 e. The highest BCUT2D eigenvalue weighted by Crippen LogP contribution is 2.35. The summed E-state index contributed by atoms with van der Waals surface area (Å²) in [7, 11) is 0. The normalized spacial score (nSPS) is 24.4. The van der Waals surface area contributed by atoms with E-state index in [1.807, 2.05) is 19.1 Å². The highest BCUT2D eigenvalue weighted by atomic mass is 32.1. The molecule has 0 spiro atoms. The molecule has 1 saturated heterocycles. The highest BCUT2D eigenvalue weighted by Gasteiger charge is 2.37. The van der Waals surface area contributed by atoms with Crippen molar-refractivity contribution in [2.45, 2.75) is 39.7 Å². The van der Waals surface area contributed by atoms with Crippen molar-refractivity contribution in [1.29, 1.82) is 0 Å². The number of rotatable bonds is 4. The van der Waals surface area contributed by atoms with E-state index in [1.54, 1.807) is 4.52 Å². The zero-order valence-corrected chi connectivity index (χ0v) is 16.8. The molecule has 1 fully saturated rings. The summed E-state index contributed by atoms with van der Waals surface area (Å²) < 4.78 is 15.1. The van der Waals surface area contributed by atoms with Gasteiger partial charge in [0.05, 0.1) is 13.1 Å². The number of hydrogen-bond acceptors (Lipinski definition) is 4. The molecule has 3 aromatic rings. The third kappa shape index (κ3) is 3.46. The lowest BCUT2D eigenvalue weighted by Crippen LogP contribution is -3.14. The molecule has 0 aliphatic carbocycles. The van der Waals surface area contributed by atoms with Gasteiger partial charge in [0.2, 0.25) is 10.8 Å². The van der Waals surface area contributed by atoms with Gasteiger partial charge in [0.15, 0.2) is 11.9 Å². The van der Waals surface area contributed by atoms with Crippen LogP contribution in [0.3, 0.4) is 0 Å². The van der Waals surface area contributed by atoms with Crippen LogP contribution in [0.15, 0.2) is 24.3 Å². The molecule has 7 heteroatoms. The van der Waals surface area contributed by atoms with Crippen molar-refractivity contribution in [2.24, 2.45) is 11.8 Å². The Morgan fingerprint density at radius 2 is 1.93 bits per heavy atom. The van der Waals surface area contributed by atoms with Gasteiger partial charge in [-0.1, -0.05) is 32.1 Å². The number of thiazole rings is 1. The van der Waals surface area contributed by atoms with Crippen LogP contribution in [0.5, 0.6) is 5.88 Å². The van der Waals surface area contributed by atoms with Gasteiger partial charge >= 0.3 is 0 Å². The predicted octanol–water partition coefficient (Wildman–Crippen LogP) is 2.85. The fraction of sp³-hybridized carbons (Fsp3) is 0.500. The van der Waals surface area contributed by atoms with Crippen molar-refractivity contribution < 1.29 is 14.4 Å². The van der Waals surface area contributed by atoms with Crippen molar-refractivity contribution in [3.05, 3.63) is 46.3 Å². The van der Waals surface area contributed by atoms with Crippen LogP contribution in [-0.2, 0) is 6.42 Å². The average molecular weight is 390 g/mol. The Labute approximate surface area is 162 Å². The lowest BCUT2D eigenvalue weighted by Gasteiger charge is -2.37. The maximum atomic E-state index is 13.5. The number of likely N-dealkylation sites (tertiary alicyclic amines) is 1. The minimum absolute atomic E-state index is 0.0469. The van der Waals surface area contributed by atoms with E-state index < -0.39 is 0 Å². The molecule has 5 nitrogen and oxygen atoms in total. The van der Waals surface area contributed by atoms with E-state index in [0.717, 1.165) is 35.8 Å². The van der Waals surface area contributed by atoms with E-state index >= 15 is 0 Å². The van der Waals surface area contributed by atoms with Crippen LogP contribution < -0.4 is 4.90 Å². The molecule has 2 N–H and O–H groups in total. The molecule has 27 heavy (non-hydrogen) atoms. The van der Waals surface area contributed by atoms with Gasteiger partial charge < -0.3 is 10.0 Å². The number of nitrogens with zero attached hydrogens (tertiary/aromatic N) is 3. The number of quaternary nitrogens is 1. The Kier molecular flexibility index (Phi) is 4.90. The number of fused-ring (bicyclic) bond motifs is 1. The fourth-order valence-corrected chi connectivity index (χ4v) is 5.58. The summed E-state index contributed by atoms with van der Waals surface area (Å²) in [6, 6.07) is 6.63. The van der Waals surface area contributed by atoms with Crippen LogP contribution in [0.4, 0.5) is 4.39 Å². The standard InChI is InChI=1S/C20H25FN4OS/c1-4-16-22-20-25(23-16)19(26)18(27-20)17(14-5-7-15(21)8-6-14)24-10-12(2)9-13(3)11-24/h5-8,12-13,17,26H,4,9-11H2,1-3H3/p+1/t12-,13-,17-/m0/s1. The van der Waals surface area contributed by atoms with Gasteiger partial charge in [-0.25, -0.2) is 9.37 Å². The Morgan fingerprint density at radius 3 is 2.52 bits per heavy atom. The molecule has 2 aromatic heterocycles. The lowest BCUT2D eigenvalue weighted by atomic mass is 9.89. The van der Waals surface area contributed by atoms with Crippen LogP contribution in [-0.4, -0.2) is 32.8 Å². The van der Waals surface area contributed by atoms with E-state index in [4.69, 9.17) is 0 Å². The summed E-state index contributed by atoms with van der Waals surface area (Å²) in [6.07, 6.45) is 1.96. The van der Waals surface area contributed by atoms with Crippen molar-refractivity contribution in [2.75, 3.05) is 13.1 Å². The summed E-state index contributed by atoms with van der Waals surface area (Å²) >= 11 is 1.49. The van der Waals surface area contributed by atoms with Crippen LogP contribution in [0.1, 0.15) is 49.5 Å². The molecule has 144 valence electrons. The molecule has 3 heterocycles. The minimum atomic E-state index is -0.243. The molecule has 0 saturated carbocycles. The monoisotopic (exact) mass is 389 g/mol. The molecule has 0 radical (unpaired) electrons. The summed E-state index contributed by atoms with van der Waals surface area (Å²) in [6.45, 7) is 8.62. The Balaban J connectivity index is 1.81. The van der Waals surface area contributed by atoms with Gasteiger partial charge in [-0.05, 0) is 30.7 Å². The number of benzene rings is 1. The van der Waals surface area contributed by atoms with Gasteiger partial charge in [0.1, 0.15) is 10.7 Å². The first-order chi connectivity index (χ1) is 13.0. The molecule has 4 rings (SSSR count). The molecule has 0 bridgehead atoms. The first-order valence-electron chi connectivity index (χ1n) is 9.63. The first-order valence-corrected chi connectivity index (χ1v) is 10.4. The van der Waals surface area contributed by atoms with Crippen molar-refractivity contribution in [3.8, 4) is 5.88 Å². The second-order valence-corrected chi connectivity index (χ2v) is 8.87. The van der Waals surface area contributed by atoms with Crippen LogP contribution in [0.25, 0.3) is 4.96 Å². The highest BCUT2D eigenvalue weighted by molar-refractivity contribution is 7.17. The number of nitrogens with one attached hydrogen (secondary N) is 1. The number of aryl methyl sites for hydroxylation is 1. The maximum absolute atomic E-state index is 13.5. The van der Waals surface area contributed by atoms with Gasteiger partial charge in [0, 0.05) is 23.8 Å². The molecule has 1 aromatic carbocycles. The van der Waals surface area contributed by atoms with Crippen molar-refractivity contribution in [1.82, 2.24) is 14.6 Å². The summed E-state index contributed by atoms with van der Waals surface area (Å²) in [5.74, 6) is 1.88. The zero-order chi connectivity index (χ0) is 19.1. The van der Waals surface area contributed by atoms with Crippen molar-refractivity contribution >= 4 is 16.3 Å². The molecular weight excluding hydrogens is 363 g/mol. The molecule has 3 atom stereocenters. The number of aromatic nitrogens is 3. The smallest absolute Gasteiger partial charge is 0.235 e. The SMILES string of the molecule is CCc1nc2sc([C@H](c3ccc(F)cc3)[NH+]3C[C@@H](C)C[C@H](C)C3)c(O)n2n1. The van der Waals surface area contributed by atoms with E-state index in [1.165, 1.54) is 34.8 Å². The second kappa shape index (κ2) is 7.20. The Bertz CT molecular complexity index is 926. The quantitative estimate of drug-likeness (QED) is 0.721. The molecule has 0 unspecified atom stereocenters. The van der Waals surface area contributed by atoms with Crippen LogP contribution in [0, 0.1) is 17.7 Å². The Morgan fingerprint density at radius 1 is 1.26 bits per heavy atom. The van der Waals surface area contributed by atoms with E-state index in [2.05, 4.69) is 23.9 Å². The Hall–Kier alpha value is -1.99. The average Bonchev–Trinajstić information content (AvgIpc) is 3.16. The third-order valence-electron chi connectivity index (χ3n) is 5.46. The number of hydrogen-bond donors (Lipinski definition) is 2. The topological polar surface area (TPSA) is 54.9 Å². The van der Waals surface area contributed by atoms with Gasteiger partial charge in [-0.2, -0.15) is 4.52 Å². The first kappa shape index (κ1) is 18.4. The molecule has 1 aliphatic heterocycles. The zero-order valence-electron chi connectivity index (χ0n) is 15.9. The van der Waals surface area contributed by atoms with Crippen molar-refractivity contribution in [3.63, 3.8) is 0 Å². The van der Waals surface area contributed by atoms with Gasteiger partial charge in [-0.3, -0.25) is 0 Å². The molecular formula is C20H26FN4OS+. The summed E-state index contributed by atoms with van der Waals surface area (Å²) in [4.78, 5) is 7.49. The van der Waals surface area contributed by atoms with Crippen LogP contribution in [0.2, 0.25) is 0 Å². The van der Waals surface area contributed by atoms with Gasteiger partial charge in [-0.15, -0.1) is 5.10 Å². The molecule has 0 amide bonds.